The number of hydrogen-bond acceptors (Lipinski definition) is 5. The molecule has 0 atom stereocenters. The molecule has 1 N–H and O–H groups in total. The van der Waals surface area contributed by atoms with Gasteiger partial charge in [-0.25, -0.2) is 4.98 Å². The first kappa shape index (κ1) is 13.5. The van der Waals surface area contributed by atoms with Crippen molar-refractivity contribution in [1.29, 1.82) is 0 Å². The van der Waals surface area contributed by atoms with E-state index in [-0.39, 0.29) is 0 Å². The van der Waals surface area contributed by atoms with E-state index in [1.54, 1.807) is 0 Å². The van der Waals surface area contributed by atoms with Crippen LogP contribution in [0.2, 0.25) is 0 Å². The average Bonchev–Trinajstić information content (AvgIpc) is 2.45. The molecule has 0 saturated heterocycles. The van der Waals surface area contributed by atoms with Gasteiger partial charge in [0.2, 0.25) is 5.88 Å². The Morgan fingerprint density at radius 2 is 2.11 bits per heavy atom. The van der Waals surface area contributed by atoms with Crippen molar-refractivity contribution in [3.63, 3.8) is 0 Å². The monoisotopic (exact) mass is 267 g/mol. The first-order chi connectivity index (χ1) is 8.81. The minimum atomic E-state index is 0.685. The van der Waals surface area contributed by atoms with E-state index in [2.05, 4.69) is 15.3 Å². The average molecular weight is 267 g/mol. The van der Waals surface area contributed by atoms with E-state index in [9.17, 15) is 0 Å². The molecule has 1 saturated carbocycles. The van der Waals surface area contributed by atoms with E-state index in [0.717, 1.165) is 17.6 Å². The summed E-state index contributed by atoms with van der Waals surface area (Å²) in [7, 11) is 1.86. The molecule has 1 aromatic rings. The molecule has 0 aliphatic heterocycles. The van der Waals surface area contributed by atoms with Crippen molar-refractivity contribution in [2.45, 2.75) is 37.3 Å². The Hall–Kier alpha value is -0.970. The van der Waals surface area contributed by atoms with Gasteiger partial charge in [0.25, 0.3) is 0 Å². The zero-order valence-electron chi connectivity index (χ0n) is 11.1. The fraction of sp³-hybridized carbons (Fsp3) is 0.692. The van der Waals surface area contributed by atoms with Gasteiger partial charge in [0.05, 0.1) is 6.61 Å². The van der Waals surface area contributed by atoms with Crippen molar-refractivity contribution in [3.8, 4) is 5.88 Å². The highest BCUT2D eigenvalue weighted by Gasteiger charge is 2.14. The van der Waals surface area contributed by atoms with Crippen molar-refractivity contribution < 1.29 is 4.74 Å². The quantitative estimate of drug-likeness (QED) is 0.655. The molecule has 1 aromatic heterocycles. The molecule has 1 aliphatic rings. The third kappa shape index (κ3) is 3.77. The van der Waals surface area contributed by atoms with Gasteiger partial charge in [-0.1, -0.05) is 31.0 Å². The van der Waals surface area contributed by atoms with Crippen LogP contribution in [0.15, 0.2) is 11.2 Å². The number of nitrogens with one attached hydrogen (secondary N) is 1. The Labute approximate surface area is 113 Å². The number of hydrogen-bond donors (Lipinski definition) is 1. The first-order valence-corrected chi connectivity index (χ1v) is 7.78. The number of thioether (sulfide) groups is 1. The SMILES string of the molecule is CNc1cc(OCC2CCCCC2)nc(SC)n1. The molecule has 0 spiro atoms. The van der Waals surface area contributed by atoms with Gasteiger partial charge in [-0.15, -0.1) is 0 Å². The van der Waals surface area contributed by atoms with E-state index in [1.165, 1.54) is 43.9 Å². The molecule has 1 fully saturated rings. The van der Waals surface area contributed by atoms with Crippen LogP contribution in [0, 0.1) is 5.92 Å². The van der Waals surface area contributed by atoms with Gasteiger partial charge in [0, 0.05) is 13.1 Å². The van der Waals surface area contributed by atoms with Gasteiger partial charge < -0.3 is 10.1 Å². The highest BCUT2D eigenvalue weighted by atomic mass is 32.2. The van der Waals surface area contributed by atoms with E-state index in [0.29, 0.717) is 11.8 Å². The largest absolute Gasteiger partial charge is 0.477 e. The highest BCUT2D eigenvalue weighted by Crippen LogP contribution is 2.25. The molecule has 0 aromatic carbocycles. The van der Waals surface area contributed by atoms with Crippen LogP contribution in [0.3, 0.4) is 0 Å². The summed E-state index contributed by atoms with van der Waals surface area (Å²) in [5, 5.41) is 3.79. The molecular weight excluding hydrogens is 246 g/mol. The van der Waals surface area contributed by atoms with Gasteiger partial charge in [0.1, 0.15) is 5.82 Å². The molecule has 18 heavy (non-hydrogen) atoms. The Morgan fingerprint density at radius 3 is 2.78 bits per heavy atom. The number of aromatic nitrogens is 2. The summed E-state index contributed by atoms with van der Waals surface area (Å²) in [6, 6.07) is 1.86. The minimum Gasteiger partial charge on any atom is -0.477 e. The van der Waals surface area contributed by atoms with E-state index >= 15 is 0 Å². The Kier molecular flexibility index (Phi) is 5.11. The number of rotatable bonds is 5. The van der Waals surface area contributed by atoms with Gasteiger partial charge in [0.15, 0.2) is 5.16 Å². The van der Waals surface area contributed by atoms with Crippen molar-refractivity contribution in [3.05, 3.63) is 6.07 Å². The van der Waals surface area contributed by atoms with Crippen LogP contribution in [0.25, 0.3) is 0 Å². The van der Waals surface area contributed by atoms with Crippen LogP contribution >= 0.6 is 11.8 Å². The summed E-state index contributed by atoms with van der Waals surface area (Å²) >= 11 is 1.53. The van der Waals surface area contributed by atoms with Crippen LogP contribution in [0.1, 0.15) is 32.1 Å². The summed E-state index contributed by atoms with van der Waals surface area (Å²) in [5.74, 6) is 2.20. The van der Waals surface area contributed by atoms with Crippen LogP contribution in [0.4, 0.5) is 5.82 Å². The first-order valence-electron chi connectivity index (χ1n) is 6.55. The summed E-state index contributed by atoms with van der Waals surface area (Å²) in [6.45, 7) is 0.786. The molecule has 0 radical (unpaired) electrons. The van der Waals surface area contributed by atoms with E-state index in [1.807, 2.05) is 19.4 Å². The van der Waals surface area contributed by atoms with E-state index < -0.39 is 0 Å². The van der Waals surface area contributed by atoms with Crippen molar-refractivity contribution >= 4 is 17.6 Å². The molecule has 0 amide bonds. The predicted molar refractivity (Wildman–Crippen MR) is 75.4 cm³/mol. The highest BCUT2D eigenvalue weighted by molar-refractivity contribution is 7.98. The van der Waals surface area contributed by atoms with E-state index in [4.69, 9.17) is 4.74 Å². The van der Waals surface area contributed by atoms with Crippen molar-refractivity contribution in [2.75, 3.05) is 25.2 Å². The molecule has 1 heterocycles. The Balaban J connectivity index is 1.94. The van der Waals surface area contributed by atoms with Gasteiger partial charge in [-0.2, -0.15) is 4.98 Å². The van der Waals surface area contributed by atoms with Crippen molar-refractivity contribution in [1.82, 2.24) is 9.97 Å². The van der Waals surface area contributed by atoms with Crippen LogP contribution in [-0.2, 0) is 0 Å². The maximum absolute atomic E-state index is 5.83. The number of nitrogens with zero attached hydrogens (tertiary/aromatic N) is 2. The second-order valence-corrected chi connectivity index (χ2v) is 5.42. The maximum atomic E-state index is 5.83. The molecule has 1 aliphatic carbocycles. The third-order valence-electron chi connectivity index (χ3n) is 3.31. The standard InChI is InChI=1S/C13H21N3OS/c1-14-11-8-12(16-13(15-11)18-2)17-9-10-6-4-3-5-7-10/h8,10H,3-7,9H2,1-2H3,(H,14,15,16). The van der Waals surface area contributed by atoms with Gasteiger partial charge in [-0.05, 0) is 25.0 Å². The second kappa shape index (κ2) is 6.83. The fourth-order valence-corrected chi connectivity index (χ4v) is 2.63. The lowest BCUT2D eigenvalue weighted by atomic mass is 9.90. The number of ether oxygens (including phenoxy) is 1. The molecule has 2 rings (SSSR count). The smallest absolute Gasteiger partial charge is 0.219 e. The molecule has 0 bridgehead atoms. The summed E-state index contributed by atoms with van der Waals surface area (Å²) in [5.41, 5.74) is 0. The third-order valence-corrected chi connectivity index (χ3v) is 3.86. The second-order valence-electron chi connectivity index (χ2n) is 4.64. The summed E-state index contributed by atoms with van der Waals surface area (Å²) < 4.78 is 5.83. The van der Waals surface area contributed by atoms with Gasteiger partial charge >= 0.3 is 0 Å². The molecule has 5 heteroatoms. The number of anilines is 1. The fourth-order valence-electron chi connectivity index (χ4n) is 2.25. The molecular formula is C13H21N3OS. The Morgan fingerprint density at radius 1 is 1.33 bits per heavy atom. The minimum absolute atomic E-state index is 0.685. The summed E-state index contributed by atoms with van der Waals surface area (Å²) in [4.78, 5) is 8.70. The van der Waals surface area contributed by atoms with Crippen LogP contribution < -0.4 is 10.1 Å². The normalized spacial score (nSPS) is 16.6. The van der Waals surface area contributed by atoms with Gasteiger partial charge in [-0.3, -0.25) is 0 Å². The lowest BCUT2D eigenvalue weighted by Gasteiger charge is -2.21. The maximum Gasteiger partial charge on any atom is 0.219 e. The predicted octanol–water partition coefficient (Wildman–Crippen LogP) is 3.20. The Bertz CT molecular complexity index is 358. The molecule has 4 nitrogen and oxygen atoms in total. The lowest BCUT2D eigenvalue weighted by molar-refractivity contribution is 0.201. The van der Waals surface area contributed by atoms with Crippen LogP contribution in [-0.4, -0.2) is 29.9 Å². The molecule has 0 unspecified atom stereocenters. The zero-order chi connectivity index (χ0) is 12.8. The topological polar surface area (TPSA) is 47.0 Å². The summed E-state index contributed by atoms with van der Waals surface area (Å²) in [6.07, 6.45) is 8.62. The zero-order valence-corrected chi connectivity index (χ0v) is 11.9. The molecule has 100 valence electrons. The van der Waals surface area contributed by atoms with Crippen molar-refractivity contribution in [2.24, 2.45) is 5.92 Å². The lowest BCUT2D eigenvalue weighted by Crippen LogP contribution is -2.16. The van der Waals surface area contributed by atoms with Crippen LogP contribution in [0.5, 0.6) is 5.88 Å².